The molecule has 3 nitrogen and oxygen atoms in total. The predicted octanol–water partition coefficient (Wildman–Crippen LogP) is 3.85. The molecule has 24 heavy (non-hydrogen) atoms. The molecule has 1 fully saturated rings. The molecule has 0 N–H and O–H groups in total. The van der Waals surface area contributed by atoms with Crippen LogP contribution in [0.2, 0.25) is 0 Å². The molecule has 0 saturated heterocycles. The molecule has 1 aromatic carbocycles. The van der Waals surface area contributed by atoms with Crippen molar-refractivity contribution in [2.24, 2.45) is 23.7 Å². The van der Waals surface area contributed by atoms with E-state index in [-0.39, 0.29) is 11.7 Å². The molecule has 6 unspecified atom stereocenters. The summed E-state index contributed by atoms with van der Waals surface area (Å²) >= 11 is 0. The molecule has 124 valence electrons. The number of carbonyl (C=O) groups excluding carboxylic acids is 1. The smallest absolute Gasteiger partial charge is 0.162 e. The van der Waals surface area contributed by atoms with E-state index in [0.717, 1.165) is 17.9 Å². The van der Waals surface area contributed by atoms with Crippen molar-refractivity contribution in [2.45, 2.75) is 24.7 Å². The lowest BCUT2D eigenvalue weighted by molar-refractivity contribution is -0.120. The average Bonchev–Trinajstić information content (AvgIpc) is 2.91. The molecule has 7 rings (SSSR count). The fourth-order valence-corrected chi connectivity index (χ4v) is 5.98. The number of hydrogen-bond acceptors (Lipinski definition) is 3. The van der Waals surface area contributed by atoms with Crippen LogP contribution >= 0.6 is 0 Å². The van der Waals surface area contributed by atoms with Gasteiger partial charge in [0.25, 0.3) is 0 Å². The first-order chi connectivity index (χ1) is 11.7. The summed E-state index contributed by atoms with van der Waals surface area (Å²) in [6.45, 7) is 0. The monoisotopic (exact) mass is 322 g/mol. The SMILES string of the molecule is COc1ccc(OC)c2c1C1CCC2C2C3C=CC(C=CC3=O)C12. The minimum absolute atomic E-state index is 0.0295. The number of methoxy groups -OCH3 is 2. The maximum Gasteiger partial charge on any atom is 0.162 e. The highest BCUT2D eigenvalue weighted by Gasteiger charge is 2.55. The van der Waals surface area contributed by atoms with Crippen LogP contribution in [0.25, 0.3) is 0 Å². The number of fused-ring (bicyclic) bond motifs is 2. The summed E-state index contributed by atoms with van der Waals surface area (Å²) in [5, 5.41) is 0. The molecule has 6 aliphatic carbocycles. The first kappa shape index (κ1) is 14.3. The third kappa shape index (κ3) is 1.65. The van der Waals surface area contributed by atoms with E-state index in [1.54, 1.807) is 14.2 Å². The van der Waals surface area contributed by atoms with Gasteiger partial charge in [0.1, 0.15) is 11.5 Å². The van der Waals surface area contributed by atoms with Gasteiger partial charge in [-0.1, -0.05) is 18.2 Å². The van der Waals surface area contributed by atoms with Gasteiger partial charge in [0.2, 0.25) is 0 Å². The lowest BCUT2D eigenvalue weighted by Crippen LogP contribution is -2.46. The zero-order valence-corrected chi connectivity index (χ0v) is 14.1. The quantitative estimate of drug-likeness (QED) is 0.776. The minimum atomic E-state index is 0.0295. The topological polar surface area (TPSA) is 35.5 Å². The third-order valence-electron chi connectivity index (χ3n) is 6.76. The molecule has 0 spiro atoms. The van der Waals surface area contributed by atoms with Crippen LogP contribution in [0.5, 0.6) is 11.5 Å². The molecule has 0 aromatic heterocycles. The zero-order chi connectivity index (χ0) is 16.4. The van der Waals surface area contributed by atoms with E-state index in [0.29, 0.717) is 29.6 Å². The van der Waals surface area contributed by atoms with Gasteiger partial charge in [-0.3, -0.25) is 4.79 Å². The summed E-state index contributed by atoms with van der Waals surface area (Å²) in [7, 11) is 3.50. The van der Waals surface area contributed by atoms with E-state index >= 15 is 0 Å². The average molecular weight is 322 g/mol. The Balaban J connectivity index is 1.75. The standard InChI is InChI=1S/C21H22O3/c1-23-16-9-10-17(24-2)21-14-7-6-13(20(16)21)18-11-3-5-12(19(14)18)15(22)8-4-11/h3-5,8-14,18-19H,6-7H2,1-2H3. The molecule has 0 heterocycles. The van der Waals surface area contributed by atoms with Crippen molar-refractivity contribution < 1.29 is 14.3 Å². The van der Waals surface area contributed by atoms with Gasteiger partial charge in [0.05, 0.1) is 14.2 Å². The van der Waals surface area contributed by atoms with E-state index in [9.17, 15) is 4.79 Å². The van der Waals surface area contributed by atoms with Gasteiger partial charge in [-0.25, -0.2) is 0 Å². The van der Waals surface area contributed by atoms with Crippen LogP contribution in [0.4, 0.5) is 0 Å². The number of benzene rings is 1. The highest BCUT2D eigenvalue weighted by Crippen LogP contribution is 2.65. The van der Waals surface area contributed by atoms with Gasteiger partial charge in [-0.2, -0.15) is 0 Å². The fraction of sp³-hybridized carbons (Fsp3) is 0.476. The maximum absolute atomic E-state index is 12.6. The highest BCUT2D eigenvalue weighted by molar-refractivity contribution is 5.94. The molecular formula is C21H22O3. The van der Waals surface area contributed by atoms with Crippen LogP contribution in [0, 0.1) is 23.7 Å². The number of ether oxygens (including phenoxy) is 2. The molecule has 6 aliphatic rings. The Labute approximate surface area is 142 Å². The first-order valence-electron chi connectivity index (χ1n) is 8.89. The van der Waals surface area contributed by atoms with E-state index in [1.165, 1.54) is 17.5 Å². The Hall–Kier alpha value is -2.03. The molecule has 3 heteroatoms. The lowest BCUT2D eigenvalue weighted by Gasteiger charge is -2.54. The summed E-state index contributed by atoms with van der Waals surface area (Å²) in [5.74, 6) is 4.37. The molecule has 0 amide bonds. The number of hydrogen-bond donors (Lipinski definition) is 0. The van der Waals surface area contributed by atoms with Crippen molar-refractivity contribution in [3.05, 3.63) is 47.6 Å². The van der Waals surface area contributed by atoms with Crippen LogP contribution in [-0.2, 0) is 4.79 Å². The van der Waals surface area contributed by atoms with Crippen LogP contribution in [0.1, 0.15) is 35.8 Å². The normalized spacial score (nSPS) is 37.8. The second-order valence-corrected chi connectivity index (χ2v) is 7.49. The van der Waals surface area contributed by atoms with Crippen molar-refractivity contribution >= 4 is 5.78 Å². The predicted molar refractivity (Wildman–Crippen MR) is 91.5 cm³/mol. The van der Waals surface area contributed by atoms with Gasteiger partial charge < -0.3 is 9.47 Å². The van der Waals surface area contributed by atoms with E-state index in [4.69, 9.17) is 9.47 Å². The summed E-state index contributed by atoms with van der Waals surface area (Å²) in [6.07, 6.45) is 10.7. The Kier molecular flexibility index (Phi) is 2.97. The summed E-state index contributed by atoms with van der Waals surface area (Å²) in [5.41, 5.74) is 2.65. The van der Waals surface area contributed by atoms with Gasteiger partial charge >= 0.3 is 0 Å². The van der Waals surface area contributed by atoms with Crippen molar-refractivity contribution in [3.8, 4) is 11.5 Å². The minimum Gasteiger partial charge on any atom is -0.496 e. The number of ketones is 1. The van der Waals surface area contributed by atoms with Gasteiger partial charge in [-0.15, -0.1) is 0 Å². The molecule has 0 aliphatic heterocycles. The van der Waals surface area contributed by atoms with Crippen molar-refractivity contribution in [1.82, 2.24) is 0 Å². The summed E-state index contributed by atoms with van der Waals surface area (Å²) < 4.78 is 11.4. The second-order valence-electron chi connectivity index (χ2n) is 7.49. The number of carbonyl (C=O) groups is 1. The molecule has 6 atom stereocenters. The van der Waals surface area contributed by atoms with E-state index in [2.05, 4.69) is 18.2 Å². The zero-order valence-electron chi connectivity index (χ0n) is 14.1. The second kappa shape index (κ2) is 4.98. The van der Waals surface area contributed by atoms with Gasteiger partial charge in [0.15, 0.2) is 5.78 Å². The molecule has 4 bridgehead atoms. The fourth-order valence-electron chi connectivity index (χ4n) is 5.98. The van der Waals surface area contributed by atoms with Crippen molar-refractivity contribution in [2.75, 3.05) is 14.2 Å². The maximum atomic E-state index is 12.6. The first-order valence-corrected chi connectivity index (χ1v) is 8.89. The highest BCUT2D eigenvalue weighted by atomic mass is 16.5. The van der Waals surface area contributed by atoms with Crippen LogP contribution in [-0.4, -0.2) is 20.0 Å². The van der Waals surface area contributed by atoms with Crippen molar-refractivity contribution in [3.63, 3.8) is 0 Å². The largest absolute Gasteiger partial charge is 0.496 e. The van der Waals surface area contributed by atoms with Crippen molar-refractivity contribution in [1.29, 1.82) is 0 Å². The Bertz CT molecular complexity index is 776. The van der Waals surface area contributed by atoms with Crippen LogP contribution < -0.4 is 9.47 Å². The molecule has 1 saturated carbocycles. The van der Waals surface area contributed by atoms with Gasteiger partial charge in [0, 0.05) is 17.0 Å². The van der Waals surface area contributed by atoms with Crippen LogP contribution in [0.15, 0.2) is 36.4 Å². The molecule has 0 radical (unpaired) electrons. The summed E-state index contributed by atoms with van der Waals surface area (Å²) in [6, 6.07) is 4.07. The summed E-state index contributed by atoms with van der Waals surface area (Å²) in [4.78, 5) is 12.6. The van der Waals surface area contributed by atoms with Crippen LogP contribution in [0.3, 0.4) is 0 Å². The Morgan fingerprint density at radius 3 is 2.12 bits per heavy atom. The third-order valence-corrected chi connectivity index (χ3v) is 6.76. The number of rotatable bonds is 2. The van der Waals surface area contributed by atoms with E-state index < -0.39 is 0 Å². The van der Waals surface area contributed by atoms with E-state index in [1.807, 2.05) is 18.2 Å². The molecular weight excluding hydrogens is 300 g/mol. The molecule has 1 aromatic rings. The number of allylic oxidation sites excluding steroid dienone is 4. The van der Waals surface area contributed by atoms with Gasteiger partial charge in [-0.05, 0) is 60.6 Å². The Morgan fingerprint density at radius 1 is 0.875 bits per heavy atom. The Morgan fingerprint density at radius 2 is 1.50 bits per heavy atom. The lowest BCUT2D eigenvalue weighted by atomic mass is 9.49.